The fourth-order valence-electron chi connectivity index (χ4n) is 1.36. The van der Waals surface area contributed by atoms with Gasteiger partial charge in [-0.2, -0.15) is 5.06 Å². The van der Waals surface area contributed by atoms with Gasteiger partial charge in [0.05, 0.1) is 13.7 Å². The molecule has 0 aliphatic carbocycles. The first-order valence-corrected chi connectivity index (χ1v) is 4.10. The Morgan fingerprint density at radius 2 is 2.43 bits per heavy atom. The van der Waals surface area contributed by atoms with Crippen LogP contribution in [-0.4, -0.2) is 36.5 Å². The van der Waals surface area contributed by atoms with E-state index in [4.69, 9.17) is 15.1 Å². The molecule has 0 aromatic heterocycles. The van der Waals surface area contributed by atoms with E-state index in [0.29, 0.717) is 0 Å². The molecule has 14 heavy (non-hydrogen) atoms. The van der Waals surface area contributed by atoms with Crippen LogP contribution in [0, 0.1) is 0 Å². The zero-order valence-electron chi connectivity index (χ0n) is 8.30. The molecule has 0 radical (unpaired) electrons. The van der Waals surface area contributed by atoms with Gasteiger partial charge in [0, 0.05) is 4.91 Å². The van der Waals surface area contributed by atoms with Crippen molar-refractivity contribution in [1.29, 1.82) is 0 Å². The molecule has 7 nitrogen and oxygen atoms in total. The van der Waals surface area contributed by atoms with Crippen LogP contribution in [0.4, 0.5) is 4.79 Å². The van der Waals surface area contributed by atoms with Crippen molar-refractivity contribution in [3.8, 4) is 0 Å². The number of hydrogen-bond acceptors (Lipinski definition) is 4. The molecule has 0 bridgehead atoms. The van der Waals surface area contributed by atoms with Crippen molar-refractivity contribution in [2.24, 2.45) is 5.11 Å². The first kappa shape index (κ1) is 10.6. The lowest BCUT2D eigenvalue weighted by atomic mass is 10.0. The smallest absolute Gasteiger partial charge is 0.434 e. The van der Waals surface area contributed by atoms with Crippen LogP contribution in [0.15, 0.2) is 5.11 Å². The molecule has 1 aliphatic rings. The number of cyclic esters (lactones) is 1. The predicted molar refractivity (Wildman–Crippen MR) is 47.2 cm³/mol. The molecular weight excluding hydrogens is 188 g/mol. The summed E-state index contributed by atoms with van der Waals surface area (Å²) in [6, 6.07) is -0.393. The van der Waals surface area contributed by atoms with Crippen molar-refractivity contribution < 1.29 is 14.4 Å². The Hall–Kier alpha value is -1.46. The Kier molecular flexibility index (Phi) is 2.83. The highest BCUT2D eigenvalue weighted by atomic mass is 16.7. The summed E-state index contributed by atoms with van der Waals surface area (Å²) in [5, 5.41) is 4.49. The number of carbonyl (C=O) groups excluding carboxylic acids is 1. The molecule has 1 unspecified atom stereocenters. The van der Waals surface area contributed by atoms with Gasteiger partial charge >= 0.3 is 6.09 Å². The van der Waals surface area contributed by atoms with Crippen LogP contribution in [0.5, 0.6) is 0 Å². The molecule has 0 aromatic carbocycles. The number of carbonyl (C=O) groups is 1. The topological polar surface area (TPSA) is 87.5 Å². The van der Waals surface area contributed by atoms with E-state index >= 15 is 0 Å². The van der Waals surface area contributed by atoms with E-state index < -0.39 is 17.7 Å². The third kappa shape index (κ3) is 1.73. The van der Waals surface area contributed by atoms with Gasteiger partial charge in [-0.15, -0.1) is 0 Å². The molecule has 78 valence electrons. The molecule has 1 atom stereocenters. The Balaban J connectivity index is 2.85. The van der Waals surface area contributed by atoms with Gasteiger partial charge in [0.15, 0.2) is 0 Å². The molecule has 0 aromatic rings. The summed E-state index contributed by atoms with van der Waals surface area (Å²) in [7, 11) is 1.37. The average Bonchev–Trinajstić information content (AvgIpc) is 2.31. The molecule has 1 amide bonds. The second kappa shape index (κ2) is 3.73. The molecule has 1 saturated heterocycles. The quantitative estimate of drug-likeness (QED) is 0.392. The van der Waals surface area contributed by atoms with E-state index in [1.165, 1.54) is 7.11 Å². The van der Waals surface area contributed by atoms with Crippen molar-refractivity contribution in [1.82, 2.24) is 5.06 Å². The van der Waals surface area contributed by atoms with Crippen molar-refractivity contribution in [2.45, 2.75) is 25.5 Å². The van der Waals surface area contributed by atoms with Crippen LogP contribution in [0.3, 0.4) is 0 Å². The van der Waals surface area contributed by atoms with Gasteiger partial charge < -0.3 is 4.74 Å². The van der Waals surface area contributed by atoms with Gasteiger partial charge in [0.1, 0.15) is 11.6 Å². The molecule has 7 heteroatoms. The van der Waals surface area contributed by atoms with Crippen LogP contribution >= 0.6 is 0 Å². The number of nitrogens with zero attached hydrogens (tertiary/aromatic N) is 4. The van der Waals surface area contributed by atoms with E-state index in [0.717, 1.165) is 5.06 Å². The molecule has 0 saturated carbocycles. The SMILES string of the molecule is CON1C(=O)OC(C)(C)C1CN=[N+]=[N-]. The van der Waals surface area contributed by atoms with Crippen molar-refractivity contribution in [3.05, 3.63) is 10.4 Å². The van der Waals surface area contributed by atoms with E-state index in [1.54, 1.807) is 13.8 Å². The Morgan fingerprint density at radius 3 is 2.93 bits per heavy atom. The van der Waals surface area contributed by atoms with Gasteiger partial charge in [-0.3, -0.25) is 4.84 Å². The number of hydrogen-bond donors (Lipinski definition) is 0. The summed E-state index contributed by atoms with van der Waals surface area (Å²) in [5.41, 5.74) is 7.49. The largest absolute Gasteiger partial charge is 0.440 e. The molecular formula is C7H12N4O3. The maximum atomic E-state index is 11.2. The van der Waals surface area contributed by atoms with E-state index in [1.807, 2.05) is 0 Å². The molecule has 1 rings (SSSR count). The minimum Gasteiger partial charge on any atom is -0.440 e. The van der Waals surface area contributed by atoms with Crippen LogP contribution in [0.2, 0.25) is 0 Å². The first-order chi connectivity index (χ1) is 6.53. The summed E-state index contributed by atoms with van der Waals surface area (Å²) in [6.45, 7) is 3.60. The first-order valence-electron chi connectivity index (χ1n) is 4.10. The normalized spacial score (nSPS) is 24.4. The summed E-state index contributed by atoms with van der Waals surface area (Å²) < 4.78 is 5.04. The minimum atomic E-state index is -0.707. The molecule has 1 fully saturated rings. The zero-order valence-corrected chi connectivity index (χ0v) is 8.30. The maximum absolute atomic E-state index is 11.2. The fourth-order valence-corrected chi connectivity index (χ4v) is 1.36. The average molecular weight is 200 g/mol. The lowest BCUT2D eigenvalue weighted by molar-refractivity contribution is -0.106. The summed E-state index contributed by atoms with van der Waals surface area (Å²) >= 11 is 0. The Morgan fingerprint density at radius 1 is 1.79 bits per heavy atom. The number of ether oxygens (including phenoxy) is 1. The predicted octanol–water partition coefficient (Wildman–Crippen LogP) is 1.46. The molecule has 0 spiro atoms. The van der Waals surface area contributed by atoms with Gasteiger partial charge in [-0.1, -0.05) is 5.11 Å². The van der Waals surface area contributed by atoms with Gasteiger partial charge in [0.25, 0.3) is 0 Å². The second-order valence-corrected chi connectivity index (χ2v) is 3.41. The lowest BCUT2D eigenvalue weighted by Gasteiger charge is -2.25. The summed E-state index contributed by atoms with van der Waals surface area (Å²) in [6.07, 6.45) is -0.560. The van der Waals surface area contributed by atoms with E-state index in [9.17, 15) is 4.79 Å². The highest BCUT2D eigenvalue weighted by Crippen LogP contribution is 2.29. The standard InChI is InChI=1S/C7H12N4O3/c1-7(2)5(4-9-10-8)11(13-3)6(12)14-7/h5H,4H2,1-3H3. The monoisotopic (exact) mass is 200 g/mol. The van der Waals surface area contributed by atoms with Gasteiger partial charge in [-0.25, -0.2) is 4.79 Å². The van der Waals surface area contributed by atoms with Gasteiger partial charge in [0.2, 0.25) is 0 Å². The zero-order chi connectivity index (χ0) is 10.8. The van der Waals surface area contributed by atoms with E-state index in [-0.39, 0.29) is 6.54 Å². The number of rotatable bonds is 3. The van der Waals surface area contributed by atoms with Crippen molar-refractivity contribution >= 4 is 6.09 Å². The van der Waals surface area contributed by atoms with Crippen molar-refractivity contribution in [3.63, 3.8) is 0 Å². The molecule has 1 heterocycles. The summed E-state index contributed by atoms with van der Waals surface area (Å²) in [4.78, 5) is 18.7. The van der Waals surface area contributed by atoms with Crippen LogP contribution in [0.1, 0.15) is 13.8 Å². The highest BCUT2D eigenvalue weighted by molar-refractivity contribution is 5.70. The third-order valence-electron chi connectivity index (χ3n) is 2.13. The van der Waals surface area contributed by atoms with Gasteiger partial charge in [-0.05, 0) is 19.4 Å². The van der Waals surface area contributed by atoms with Crippen molar-refractivity contribution in [2.75, 3.05) is 13.7 Å². The number of amides is 1. The molecule has 1 aliphatic heterocycles. The van der Waals surface area contributed by atoms with E-state index in [2.05, 4.69) is 10.0 Å². The minimum absolute atomic E-state index is 0.128. The fraction of sp³-hybridized carbons (Fsp3) is 0.857. The Bertz CT molecular complexity index is 285. The highest BCUT2D eigenvalue weighted by Gasteiger charge is 2.48. The van der Waals surface area contributed by atoms with Crippen LogP contribution < -0.4 is 0 Å². The second-order valence-electron chi connectivity index (χ2n) is 3.41. The number of hydroxylamine groups is 2. The lowest BCUT2D eigenvalue weighted by Crippen LogP contribution is -2.43. The summed E-state index contributed by atoms with van der Waals surface area (Å²) in [5.74, 6) is 0. The molecule has 0 N–H and O–H groups in total. The van der Waals surface area contributed by atoms with Crippen LogP contribution in [-0.2, 0) is 9.57 Å². The van der Waals surface area contributed by atoms with Crippen LogP contribution in [0.25, 0.3) is 10.4 Å². The maximum Gasteiger partial charge on any atom is 0.434 e. The third-order valence-corrected chi connectivity index (χ3v) is 2.13. The Labute approximate surface area is 81.2 Å². The number of azide groups is 1.